The van der Waals surface area contributed by atoms with E-state index in [2.05, 4.69) is 10.3 Å². The highest BCUT2D eigenvalue weighted by Crippen LogP contribution is 2.27. The monoisotopic (exact) mass is 278 g/mol. The molecule has 0 bridgehead atoms. The van der Waals surface area contributed by atoms with Gasteiger partial charge in [-0.15, -0.1) is 0 Å². The average Bonchev–Trinajstić information content (AvgIpc) is 2.48. The highest BCUT2D eigenvalue weighted by atomic mass is 19.3. The Morgan fingerprint density at radius 3 is 2.70 bits per heavy atom. The zero-order chi connectivity index (χ0) is 14.6. The molecule has 0 saturated carbocycles. The van der Waals surface area contributed by atoms with Crippen LogP contribution in [-0.2, 0) is 17.3 Å². The van der Waals surface area contributed by atoms with Crippen molar-refractivity contribution in [1.82, 2.24) is 4.98 Å². The number of rotatable bonds is 4. The fourth-order valence-electron chi connectivity index (χ4n) is 1.62. The number of benzene rings is 1. The summed E-state index contributed by atoms with van der Waals surface area (Å²) in [5, 5.41) is 11.1. The molecule has 1 aromatic carbocycles. The molecule has 2 rings (SSSR count). The number of aliphatic hydroxyl groups excluding tert-OH is 1. The van der Waals surface area contributed by atoms with Gasteiger partial charge >= 0.3 is 11.8 Å². The van der Waals surface area contributed by atoms with Crippen molar-refractivity contribution in [2.45, 2.75) is 12.5 Å². The van der Waals surface area contributed by atoms with Crippen molar-refractivity contribution in [2.24, 2.45) is 0 Å². The SMILES string of the molecule is O=C(Nc1cccc(CO)c1)C(F)(F)c1ccccn1. The number of pyridine rings is 1. The minimum Gasteiger partial charge on any atom is -0.392 e. The van der Waals surface area contributed by atoms with Gasteiger partial charge in [-0.2, -0.15) is 8.78 Å². The van der Waals surface area contributed by atoms with Gasteiger partial charge in [0.2, 0.25) is 0 Å². The number of nitrogens with zero attached hydrogens (tertiary/aromatic N) is 1. The molecule has 0 aliphatic rings. The number of nitrogens with one attached hydrogen (secondary N) is 1. The number of aliphatic hydroxyl groups is 1. The lowest BCUT2D eigenvalue weighted by molar-refractivity contribution is -0.141. The lowest BCUT2D eigenvalue weighted by Crippen LogP contribution is -2.33. The second kappa shape index (κ2) is 5.75. The van der Waals surface area contributed by atoms with Crippen LogP contribution in [0.25, 0.3) is 0 Å². The van der Waals surface area contributed by atoms with Crippen molar-refractivity contribution in [3.63, 3.8) is 0 Å². The van der Waals surface area contributed by atoms with Crippen LogP contribution < -0.4 is 5.32 Å². The lowest BCUT2D eigenvalue weighted by Gasteiger charge is -2.15. The first-order valence-electron chi connectivity index (χ1n) is 5.84. The minimum atomic E-state index is -3.73. The molecule has 0 saturated heterocycles. The van der Waals surface area contributed by atoms with Gasteiger partial charge in [0.15, 0.2) is 0 Å². The minimum absolute atomic E-state index is 0.192. The normalized spacial score (nSPS) is 11.2. The van der Waals surface area contributed by atoms with Gasteiger partial charge in [0.25, 0.3) is 0 Å². The fourth-order valence-corrected chi connectivity index (χ4v) is 1.62. The van der Waals surface area contributed by atoms with E-state index >= 15 is 0 Å². The van der Waals surface area contributed by atoms with E-state index in [0.717, 1.165) is 6.07 Å². The smallest absolute Gasteiger partial charge is 0.366 e. The van der Waals surface area contributed by atoms with Crippen LogP contribution in [0, 0.1) is 0 Å². The number of anilines is 1. The maximum Gasteiger partial charge on any atom is 0.366 e. The Bertz CT molecular complexity index is 603. The zero-order valence-electron chi connectivity index (χ0n) is 10.4. The quantitative estimate of drug-likeness (QED) is 0.902. The third-order valence-electron chi connectivity index (χ3n) is 2.64. The Hall–Kier alpha value is -2.34. The van der Waals surface area contributed by atoms with Crippen molar-refractivity contribution in [2.75, 3.05) is 5.32 Å². The molecule has 104 valence electrons. The number of carbonyl (C=O) groups excluding carboxylic acids is 1. The van der Waals surface area contributed by atoms with E-state index in [1.807, 2.05) is 0 Å². The standard InChI is InChI=1S/C14H12F2N2O2/c15-14(16,12-6-1-2-7-17-12)13(20)18-11-5-3-4-10(8-11)9-19/h1-8,19H,9H2,(H,18,20). The Morgan fingerprint density at radius 2 is 2.05 bits per heavy atom. The summed E-state index contributed by atoms with van der Waals surface area (Å²) in [7, 11) is 0. The summed E-state index contributed by atoms with van der Waals surface area (Å²) in [5.41, 5.74) is 0.0944. The molecule has 1 aromatic heterocycles. The van der Waals surface area contributed by atoms with Crippen molar-refractivity contribution in [1.29, 1.82) is 0 Å². The Morgan fingerprint density at radius 1 is 1.25 bits per heavy atom. The highest BCUT2D eigenvalue weighted by molar-refractivity contribution is 5.96. The number of carbonyl (C=O) groups is 1. The van der Waals surface area contributed by atoms with Crippen LogP contribution in [0.15, 0.2) is 48.7 Å². The van der Waals surface area contributed by atoms with E-state index < -0.39 is 17.5 Å². The molecule has 0 spiro atoms. The van der Waals surface area contributed by atoms with Crippen LogP contribution in [0.4, 0.5) is 14.5 Å². The maximum atomic E-state index is 13.9. The number of amides is 1. The molecule has 0 atom stereocenters. The Labute approximate surface area is 114 Å². The van der Waals surface area contributed by atoms with E-state index in [1.54, 1.807) is 12.1 Å². The molecule has 6 heteroatoms. The summed E-state index contributed by atoms with van der Waals surface area (Å²) >= 11 is 0. The molecule has 0 aliphatic carbocycles. The second-order valence-corrected chi connectivity index (χ2v) is 4.10. The van der Waals surface area contributed by atoms with Crippen LogP contribution in [0.1, 0.15) is 11.3 Å². The van der Waals surface area contributed by atoms with E-state index in [0.29, 0.717) is 5.56 Å². The number of hydrogen-bond donors (Lipinski definition) is 2. The summed E-state index contributed by atoms with van der Waals surface area (Å²) < 4.78 is 27.8. The first-order valence-corrected chi connectivity index (χ1v) is 5.84. The molecule has 4 nitrogen and oxygen atoms in total. The summed E-state index contributed by atoms with van der Waals surface area (Å²) in [6.07, 6.45) is 1.20. The van der Waals surface area contributed by atoms with Crippen LogP contribution >= 0.6 is 0 Å². The number of hydrogen-bond acceptors (Lipinski definition) is 3. The topological polar surface area (TPSA) is 62.2 Å². The summed E-state index contributed by atoms with van der Waals surface area (Å²) in [6.45, 7) is -0.236. The Balaban J connectivity index is 2.19. The molecule has 2 N–H and O–H groups in total. The van der Waals surface area contributed by atoms with Crippen molar-refractivity contribution < 1.29 is 18.7 Å². The average molecular weight is 278 g/mol. The summed E-state index contributed by atoms with van der Waals surface area (Å²) in [6, 6.07) is 10.0. The molecule has 20 heavy (non-hydrogen) atoms. The molecule has 1 heterocycles. The molecule has 0 unspecified atom stereocenters. The molecular weight excluding hydrogens is 266 g/mol. The summed E-state index contributed by atoms with van der Waals surface area (Å²) in [5.74, 6) is -5.19. The number of aromatic nitrogens is 1. The van der Waals surface area contributed by atoms with Gasteiger partial charge in [-0.25, -0.2) is 0 Å². The number of halogens is 2. The van der Waals surface area contributed by atoms with Crippen molar-refractivity contribution in [3.8, 4) is 0 Å². The molecule has 0 aliphatic heterocycles. The van der Waals surface area contributed by atoms with Gasteiger partial charge in [-0.05, 0) is 29.8 Å². The second-order valence-electron chi connectivity index (χ2n) is 4.10. The largest absolute Gasteiger partial charge is 0.392 e. The zero-order valence-corrected chi connectivity index (χ0v) is 10.4. The molecular formula is C14H12F2N2O2. The van der Waals surface area contributed by atoms with Crippen LogP contribution in [0.5, 0.6) is 0 Å². The predicted octanol–water partition coefficient (Wildman–Crippen LogP) is 2.30. The van der Waals surface area contributed by atoms with E-state index in [4.69, 9.17) is 5.11 Å². The molecule has 0 radical (unpaired) electrons. The van der Waals surface area contributed by atoms with E-state index in [9.17, 15) is 13.6 Å². The van der Waals surface area contributed by atoms with Gasteiger partial charge in [0.1, 0.15) is 5.69 Å². The third-order valence-corrected chi connectivity index (χ3v) is 2.64. The van der Waals surface area contributed by atoms with Crippen LogP contribution in [0.3, 0.4) is 0 Å². The number of alkyl halides is 2. The first kappa shape index (κ1) is 14.1. The van der Waals surface area contributed by atoms with Crippen molar-refractivity contribution in [3.05, 3.63) is 59.9 Å². The lowest BCUT2D eigenvalue weighted by atomic mass is 10.1. The first-order chi connectivity index (χ1) is 9.54. The molecule has 2 aromatic rings. The maximum absolute atomic E-state index is 13.9. The van der Waals surface area contributed by atoms with Crippen LogP contribution in [0.2, 0.25) is 0 Å². The predicted molar refractivity (Wildman–Crippen MR) is 69.1 cm³/mol. The van der Waals surface area contributed by atoms with E-state index in [-0.39, 0.29) is 12.3 Å². The summed E-state index contributed by atoms with van der Waals surface area (Å²) in [4.78, 5) is 15.2. The fraction of sp³-hybridized carbons (Fsp3) is 0.143. The van der Waals surface area contributed by atoms with Crippen LogP contribution in [-0.4, -0.2) is 16.0 Å². The van der Waals surface area contributed by atoms with Gasteiger partial charge in [-0.3, -0.25) is 9.78 Å². The molecule has 0 fully saturated rings. The van der Waals surface area contributed by atoms with E-state index in [1.165, 1.54) is 30.5 Å². The van der Waals surface area contributed by atoms with Gasteiger partial charge < -0.3 is 10.4 Å². The van der Waals surface area contributed by atoms with Gasteiger partial charge in [-0.1, -0.05) is 18.2 Å². The van der Waals surface area contributed by atoms with Gasteiger partial charge in [0.05, 0.1) is 6.61 Å². The molecule has 1 amide bonds. The third kappa shape index (κ3) is 2.97. The van der Waals surface area contributed by atoms with Gasteiger partial charge in [0, 0.05) is 11.9 Å². The van der Waals surface area contributed by atoms with Crippen molar-refractivity contribution >= 4 is 11.6 Å². The Kier molecular flexibility index (Phi) is 4.05. The highest BCUT2D eigenvalue weighted by Gasteiger charge is 2.42.